The van der Waals surface area contributed by atoms with Crippen molar-refractivity contribution in [2.24, 2.45) is 0 Å². The first-order chi connectivity index (χ1) is 13.7. The molecule has 2 aromatic heterocycles. The molecular formula is C21H23N3O2S2. The van der Waals surface area contributed by atoms with Gasteiger partial charge < -0.3 is 9.64 Å². The Morgan fingerprint density at radius 1 is 1.25 bits per heavy atom. The van der Waals surface area contributed by atoms with Crippen molar-refractivity contribution in [2.45, 2.75) is 37.3 Å². The number of thiophene rings is 1. The number of aryl methyl sites for hydroxylation is 2. The fourth-order valence-corrected chi connectivity index (χ4v) is 5.85. The highest BCUT2D eigenvalue weighted by molar-refractivity contribution is 8.00. The molecule has 0 radical (unpaired) electrons. The van der Waals surface area contributed by atoms with Crippen LogP contribution >= 0.6 is 23.1 Å². The second kappa shape index (κ2) is 8.49. The van der Waals surface area contributed by atoms with E-state index in [2.05, 4.69) is 9.97 Å². The molecule has 0 saturated carbocycles. The Balaban J connectivity index is 1.47. The Morgan fingerprint density at radius 2 is 2.07 bits per heavy atom. The molecule has 0 N–H and O–H groups in total. The number of carbonyl (C=O) groups excluding carboxylic acids is 1. The number of benzene rings is 1. The average Bonchev–Trinajstić information content (AvgIpc) is 3.11. The number of rotatable bonds is 6. The van der Waals surface area contributed by atoms with Crippen molar-refractivity contribution in [1.82, 2.24) is 14.9 Å². The number of carbonyl (C=O) groups is 1. The van der Waals surface area contributed by atoms with Gasteiger partial charge in [0.15, 0.2) is 0 Å². The maximum absolute atomic E-state index is 12.7. The van der Waals surface area contributed by atoms with Gasteiger partial charge in [0.05, 0.1) is 12.9 Å². The molecule has 0 spiro atoms. The number of fused-ring (bicyclic) bond motifs is 3. The number of amides is 1. The van der Waals surface area contributed by atoms with Crippen LogP contribution in [0.25, 0.3) is 10.2 Å². The lowest BCUT2D eigenvalue weighted by atomic mass is 9.97. The quantitative estimate of drug-likeness (QED) is 0.445. The molecule has 0 fully saturated rings. The van der Waals surface area contributed by atoms with Gasteiger partial charge in [0.1, 0.15) is 21.9 Å². The fourth-order valence-electron chi connectivity index (χ4n) is 3.59. The summed E-state index contributed by atoms with van der Waals surface area (Å²) in [7, 11) is 3.48. The molecule has 4 rings (SSSR count). The van der Waals surface area contributed by atoms with E-state index in [1.807, 2.05) is 31.3 Å². The predicted octanol–water partition coefficient (Wildman–Crippen LogP) is 4.33. The number of thioether (sulfide) groups is 1. The summed E-state index contributed by atoms with van der Waals surface area (Å²) in [5.74, 6) is 1.24. The summed E-state index contributed by atoms with van der Waals surface area (Å²) in [6, 6.07) is 7.80. The van der Waals surface area contributed by atoms with Crippen LogP contribution in [0.2, 0.25) is 0 Å². The van der Waals surface area contributed by atoms with E-state index in [1.165, 1.54) is 40.4 Å². The van der Waals surface area contributed by atoms with E-state index in [1.54, 1.807) is 29.7 Å². The van der Waals surface area contributed by atoms with Crippen molar-refractivity contribution >= 4 is 39.2 Å². The summed E-state index contributed by atoms with van der Waals surface area (Å²) in [6.07, 6.45) is 6.33. The highest BCUT2D eigenvalue weighted by Crippen LogP contribution is 2.39. The number of nitrogens with zero attached hydrogens (tertiary/aromatic N) is 3. The zero-order chi connectivity index (χ0) is 19.5. The van der Waals surface area contributed by atoms with Gasteiger partial charge in [-0.3, -0.25) is 4.79 Å². The predicted molar refractivity (Wildman–Crippen MR) is 114 cm³/mol. The van der Waals surface area contributed by atoms with Crippen molar-refractivity contribution in [1.29, 1.82) is 0 Å². The van der Waals surface area contributed by atoms with Crippen LogP contribution in [0.5, 0.6) is 5.75 Å². The van der Waals surface area contributed by atoms with Crippen LogP contribution in [0.3, 0.4) is 0 Å². The number of ether oxygens (including phenoxy) is 1. The van der Waals surface area contributed by atoms with E-state index in [0.29, 0.717) is 12.3 Å². The minimum Gasteiger partial charge on any atom is -0.496 e. The first-order valence-electron chi connectivity index (χ1n) is 9.41. The molecule has 0 bridgehead atoms. The molecule has 5 nitrogen and oxygen atoms in total. The molecule has 3 aromatic rings. The van der Waals surface area contributed by atoms with Crippen molar-refractivity contribution in [3.8, 4) is 5.75 Å². The number of hydrogen-bond acceptors (Lipinski definition) is 6. The van der Waals surface area contributed by atoms with Crippen LogP contribution in [-0.2, 0) is 24.2 Å². The SMILES string of the molecule is COc1ccccc1CN(C)C(=O)CSc1ncnc2sc3c(c12)CCCC3. The molecule has 28 heavy (non-hydrogen) atoms. The Labute approximate surface area is 173 Å². The van der Waals surface area contributed by atoms with Crippen LogP contribution in [0, 0.1) is 0 Å². The minimum absolute atomic E-state index is 0.0757. The molecule has 146 valence electrons. The third kappa shape index (κ3) is 3.86. The van der Waals surface area contributed by atoms with Gasteiger partial charge >= 0.3 is 0 Å². The number of methoxy groups -OCH3 is 1. The van der Waals surface area contributed by atoms with Crippen molar-refractivity contribution < 1.29 is 9.53 Å². The Kier molecular flexibility index (Phi) is 5.82. The highest BCUT2D eigenvalue weighted by Gasteiger charge is 2.21. The maximum Gasteiger partial charge on any atom is 0.233 e. The summed E-state index contributed by atoms with van der Waals surface area (Å²) in [5.41, 5.74) is 2.41. The molecular weight excluding hydrogens is 390 g/mol. The molecule has 0 unspecified atom stereocenters. The Bertz CT molecular complexity index is 1000. The van der Waals surface area contributed by atoms with E-state index >= 15 is 0 Å². The topological polar surface area (TPSA) is 55.3 Å². The summed E-state index contributed by atoms with van der Waals surface area (Å²) in [4.78, 5) is 25.9. The van der Waals surface area contributed by atoms with E-state index in [9.17, 15) is 4.79 Å². The van der Waals surface area contributed by atoms with Gasteiger partial charge in [-0.05, 0) is 37.3 Å². The van der Waals surface area contributed by atoms with Crippen molar-refractivity contribution in [3.05, 3.63) is 46.6 Å². The van der Waals surface area contributed by atoms with Gasteiger partial charge in [-0.25, -0.2) is 9.97 Å². The third-order valence-electron chi connectivity index (χ3n) is 5.07. The van der Waals surface area contributed by atoms with Crippen LogP contribution < -0.4 is 4.74 Å². The molecule has 0 atom stereocenters. The van der Waals surface area contributed by atoms with Crippen LogP contribution in [0.1, 0.15) is 28.8 Å². The van der Waals surface area contributed by atoms with Crippen molar-refractivity contribution in [2.75, 3.05) is 19.9 Å². The molecule has 2 heterocycles. The molecule has 0 saturated heterocycles. The fraction of sp³-hybridized carbons (Fsp3) is 0.381. The van der Waals surface area contributed by atoms with E-state index in [-0.39, 0.29) is 5.91 Å². The molecule has 1 amide bonds. The highest BCUT2D eigenvalue weighted by atomic mass is 32.2. The zero-order valence-corrected chi connectivity index (χ0v) is 17.7. The first-order valence-corrected chi connectivity index (χ1v) is 11.2. The first kappa shape index (κ1) is 19.2. The lowest BCUT2D eigenvalue weighted by Crippen LogP contribution is -2.28. The lowest BCUT2D eigenvalue weighted by Gasteiger charge is -2.18. The largest absolute Gasteiger partial charge is 0.496 e. The maximum atomic E-state index is 12.7. The van der Waals surface area contributed by atoms with Gasteiger partial charge in [0, 0.05) is 29.4 Å². The van der Waals surface area contributed by atoms with Gasteiger partial charge in [-0.2, -0.15) is 0 Å². The number of hydrogen-bond donors (Lipinski definition) is 0. The van der Waals surface area contributed by atoms with Crippen molar-refractivity contribution in [3.63, 3.8) is 0 Å². The molecule has 7 heteroatoms. The molecule has 1 aromatic carbocycles. The third-order valence-corrected chi connectivity index (χ3v) is 7.25. The van der Waals surface area contributed by atoms with E-state index < -0.39 is 0 Å². The number of aromatic nitrogens is 2. The van der Waals surface area contributed by atoms with Crippen LogP contribution in [0.4, 0.5) is 0 Å². The standard InChI is InChI=1S/C21H23N3O2S2/c1-24(11-14-7-3-5-9-16(14)26-2)18(25)12-27-20-19-15-8-4-6-10-17(15)28-21(19)23-13-22-20/h3,5,7,9,13H,4,6,8,10-12H2,1-2H3. The second-order valence-electron chi connectivity index (χ2n) is 6.92. The van der Waals surface area contributed by atoms with Crippen LogP contribution in [-0.4, -0.2) is 40.7 Å². The molecule has 1 aliphatic rings. The molecule has 1 aliphatic carbocycles. The average molecular weight is 414 g/mol. The molecule has 0 aliphatic heterocycles. The zero-order valence-electron chi connectivity index (χ0n) is 16.1. The normalized spacial score (nSPS) is 13.4. The lowest BCUT2D eigenvalue weighted by molar-refractivity contribution is -0.127. The number of para-hydroxylation sites is 1. The summed E-state index contributed by atoms with van der Waals surface area (Å²) in [5, 5.41) is 2.11. The van der Waals surface area contributed by atoms with E-state index in [4.69, 9.17) is 4.74 Å². The Morgan fingerprint density at radius 3 is 2.93 bits per heavy atom. The summed E-state index contributed by atoms with van der Waals surface area (Å²) >= 11 is 3.30. The monoisotopic (exact) mass is 413 g/mol. The Hall–Kier alpha value is -2.12. The van der Waals surface area contributed by atoms with Gasteiger partial charge in [-0.15, -0.1) is 11.3 Å². The van der Waals surface area contributed by atoms with E-state index in [0.717, 1.165) is 34.0 Å². The van der Waals surface area contributed by atoms with Gasteiger partial charge in [0.2, 0.25) is 5.91 Å². The second-order valence-corrected chi connectivity index (χ2v) is 8.97. The summed E-state index contributed by atoms with van der Waals surface area (Å²) in [6.45, 7) is 0.524. The van der Waals surface area contributed by atoms with Gasteiger partial charge in [-0.1, -0.05) is 30.0 Å². The minimum atomic E-state index is 0.0757. The summed E-state index contributed by atoms with van der Waals surface area (Å²) < 4.78 is 5.39. The smallest absolute Gasteiger partial charge is 0.233 e. The van der Waals surface area contributed by atoms with Crippen LogP contribution in [0.15, 0.2) is 35.6 Å². The van der Waals surface area contributed by atoms with Gasteiger partial charge in [0.25, 0.3) is 0 Å².